The van der Waals surface area contributed by atoms with E-state index in [-0.39, 0.29) is 11.3 Å². The minimum atomic E-state index is -3.76. The number of carbonyl (C=O) groups excluding carboxylic acids is 1. The molecule has 0 bridgehead atoms. The van der Waals surface area contributed by atoms with Crippen molar-refractivity contribution in [1.29, 1.82) is 0 Å². The monoisotopic (exact) mass is 334 g/mol. The topological polar surface area (TPSA) is 98.5 Å². The van der Waals surface area contributed by atoms with Crippen LogP contribution in [0.5, 0.6) is 0 Å². The van der Waals surface area contributed by atoms with Crippen LogP contribution in [0.3, 0.4) is 0 Å². The summed E-state index contributed by atoms with van der Waals surface area (Å²) in [5, 5.41) is 0. The Morgan fingerprint density at radius 2 is 1.74 bits per heavy atom. The van der Waals surface area contributed by atoms with Crippen LogP contribution in [0.2, 0.25) is 0 Å². The van der Waals surface area contributed by atoms with Gasteiger partial charge in [0, 0.05) is 5.69 Å². The minimum Gasteiger partial charge on any atom is -0.469 e. The summed E-state index contributed by atoms with van der Waals surface area (Å²) in [6, 6.07) is 13.9. The van der Waals surface area contributed by atoms with Gasteiger partial charge in [0.25, 0.3) is 0 Å². The third-order valence-electron chi connectivity index (χ3n) is 3.29. The molecule has 0 amide bonds. The maximum absolute atomic E-state index is 12.5. The number of hydrogen-bond acceptors (Lipinski definition) is 5. The van der Waals surface area contributed by atoms with Gasteiger partial charge in [0.05, 0.1) is 24.5 Å². The molecular weight excluding hydrogens is 316 g/mol. The van der Waals surface area contributed by atoms with Gasteiger partial charge in [0.1, 0.15) is 0 Å². The van der Waals surface area contributed by atoms with Crippen molar-refractivity contribution in [2.45, 2.75) is 17.4 Å². The second kappa shape index (κ2) is 7.26. The number of methoxy groups -OCH3 is 1. The van der Waals surface area contributed by atoms with Gasteiger partial charge >= 0.3 is 5.97 Å². The fourth-order valence-corrected chi connectivity index (χ4v) is 3.31. The predicted molar refractivity (Wildman–Crippen MR) is 87.0 cm³/mol. The number of sulfonamides is 1. The van der Waals surface area contributed by atoms with Gasteiger partial charge in [-0.1, -0.05) is 30.3 Å². The highest BCUT2D eigenvalue weighted by Gasteiger charge is 2.23. The highest BCUT2D eigenvalue weighted by atomic mass is 32.2. The number of benzene rings is 2. The van der Waals surface area contributed by atoms with Crippen LogP contribution in [0.1, 0.15) is 18.0 Å². The molecule has 3 N–H and O–H groups in total. The van der Waals surface area contributed by atoms with E-state index in [9.17, 15) is 13.2 Å². The van der Waals surface area contributed by atoms with E-state index in [4.69, 9.17) is 5.73 Å². The SMILES string of the molecule is COC(=O)C[C@@H](NS(=O)(=O)c1ccccc1)c1ccc(N)cc1. The number of carbonyl (C=O) groups is 1. The molecule has 0 aliphatic rings. The molecule has 0 saturated carbocycles. The number of ether oxygens (including phenoxy) is 1. The number of rotatable bonds is 6. The lowest BCUT2D eigenvalue weighted by molar-refractivity contribution is -0.141. The minimum absolute atomic E-state index is 0.119. The van der Waals surface area contributed by atoms with Crippen molar-refractivity contribution in [2.24, 2.45) is 0 Å². The normalized spacial score (nSPS) is 12.6. The molecule has 2 aromatic carbocycles. The van der Waals surface area contributed by atoms with Gasteiger partial charge in [-0.25, -0.2) is 13.1 Å². The largest absolute Gasteiger partial charge is 0.469 e. The average Bonchev–Trinajstić information content (AvgIpc) is 2.55. The molecule has 7 heteroatoms. The molecule has 0 heterocycles. The molecule has 0 fully saturated rings. The summed E-state index contributed by atoms with van der Waals surface area (Å²) in [7, 11) is -2.50. The van der Waals surface area contributed by atoms with E-state index in [1.807, 2.05) is 0 Å². The number of nitrogens with one attached hydrogen (secondary N) is 1. The Morgan fingerprint density at radius 3 is 2.30 bits per heavy atom. The molecule has 1 atom stereocenters. The zero-order chi connectivity index (χ0) is 16.9. The molecule has 122 valence electrons. The van der Waals surface area contributed by atoms with Crippen LogP contribution < -0.4 is 10.5 Å². The smallest absolute Gasteiger partial charge is 0.307 e. The lowest BCUT2D eigenvalue weighted by Gasteiger charge is -2.18. The molecule has 0 radical (unpaired) electrons. The van der Waals surface area contributed by atoms with Crippen molar-refractivity contribution in [3.63, 3.8) is 0 Å². The average molecular weight is 334 g/mol. The Kier molecular flexibility index (Phi) is 5.36. The number of esters is 1. The summed E-state index contributed by atoms with van der Waals surface area (Å²) < 4.78 is 32.1. The van der Waals surface area contributed by atoms with Crippen molar-refractivity contribution < 1.29 is 17.9 Å². The van der Waals surface area contributed by atoms with Gasteiger partial charge in [-0.3, -0.25) is 4.79 Å². The standard InChI is InChI=1S/C16H18N2O4S/c1-22-16(19)11-15(12-7-9-13(17)10-8-12)18-23(20,21)14-5-3-2-4-6-14/h2-10,15,18H,11,17H2,1H3/t15-/m1/s1. The third kappa shape index (κ3) is 4.54. The van der Waals surface area contributed by atoms with Crippen molar-refractivity contribution in [2.75, 3.05) is 12.8 Å². The summed E-state index contributed by atoms with van der Waals surface area (Å²) in [5.41, 5.74) is 6.82. The van der Waals surface area contributed by atoms with Crippen LogP contribution >= 0.6 is 0 Å². The summed E-state index contributed by atoms with van der Waals surface area (Å²) in [5.74, 6) is -0.511. The third-order valence-corrected chi connectivity index (χ3v) is 4.78. The number of hydrogen-bond donors (Lipinski definition) is 2. The first-order valence-electron chi connectivity index (χ1n) is 6.92. The Labute approximate surface area is 135 Å². The van der Waals surface area contributed by atoms with Crippen molar-refractivity contribution in [1.82, 2.24) is 4.72 Å². The van der Waals surface area contributed by atoms with Gasteiger partial charge in [0.15, 0.2) is 0 Å². The second-order valence-corrected chi connectivity index (χ2v) is 6.65. The van der Waals surface area contributed by atoms with E-state index >= 15 is 0 Å². The fraction of sp³-hybridized carbons (Fsp3) is 0.188. The Balaban J connectivity index is 2.30. The molecule has 0 aliphatic heterocycles. The van der Waals surface area contributed by atoms with Gasteiger partial charge < -0.3 is 10.5 Å². The van der Waals surface area contributed by atoms with E-state index in [0.717, 1.165) is 0 Å². The summed E-state index contributed by atoms with van der Waals surface area (Å²) in [6.45, 7) is 0. The van der Waals surface area contributed by atoms with E-state index in [1.165, 1.54) is 19.2 Å². The number of anilines is 1. The quantitative estimate of drug-likeness (QED) is 0.620. The van der Waals surface area contributed by atoms with E-state index in [0.29, 0.717) is 11.3 Å². The first kappa shape index (κ1) is 17.0. The fourth-order valence-electron chi connectivity index (χ4n) is 2.06. The molecule has 23 heavy (non-hydrogen) atoms. The van der Waals surface area contributed by atoms with E-state index in [1.54, 1.807) is 42.5 Å². The zero-order valence-electron chi connectivity index (χ0n) is 12.6. The Hall–Kier alpha value is -2.38. The number of nitrogens with two attached hydrogens (primary N) is 1. The van der Waals surface area contributed by atoms with Crippen molar-refractivity contribution >= 4 is 21.7 Å². The van der Waals surface area contributed by atoms with Crippen LogP contribution in [0.25, 0.3) is 0 Å². The molecular formula is C16H18N2O4S. The maximum Gasteiger partial charge on any atom is 0.307 e. The van der Waals surface area contributed by atoms with E-state index < -0.39 is 22.0 Å². The second-order valence-electron chi connectivity index (χ2n) is 4.93. The van der Waals surface area contributed by atoms with Crippen molar-refractivity contribution in [3.8, 4) is 0 Å². The van der Waals surface area contributed by atoms with Crippen LogP contribution in [-0.4, -0.2) is 21.5 Å². The molecule has 0 saturated heterocycles. The molecule has 2 rings (SSSR count). The predicted octanol–water partition coefficient (Wildman–Crippen LogP) is 1.85. The van der Waals surface area contributed by atoms with Gasteiger partial charge in [-0.05, 0) is 29.8 Å². The first-order valence-corrected chi connectivity index (χ1v) is 8.40. The highest BCUT2D eigenvalue weighted by Crippen LogP contribution is 2.22. The lowest BCUT2D eigenvalue weighted by Crippen LogP contribution is -2.30. The van der Waals surface area contributed by atoms with Crippen LogP contribution in [0, 0.1) is 0 Å². The number of nitrogen functional groups attached to an aromatic ring is 1. The first-order chi connectivity index (χ1) is 10.9. The molecule has 6 nitrogen and oxygen atoms in total. The molecule has 0 aromatic heterocycles. The highest BCUT2D eigenvalue weighted by molar-refractivity contribution is 7.89. The molecule has 0 aliphatic carbocycles. The van der Waals surface area contributed by atoms with Gasteiger partial charge in [-0.2, -0.15) is 0 Å². The van der Waals surface area contributed by atoms with Crippen LogP contribution in [0.15, 0.2) is 59.5 Å². The molecule has 0 unspecified atom stereocenters. The zero-order valence-corrected chi connectivity index (χ0v) is 13.4. The Morgan fingerprint density at radius 1 is 1.13 bits per heavy atom. The lowest BCUT2D eigenvalue weighted by atomic mass is 10.0. The van der Waals surface area contributed by atoms with Gasteiger partial charge in [-0.15, -0.1) is 0 Å². The summed E-state index contributed by atoms with van der Waals surface area (Å²) in [6.07, 6.45) is -0.119. The summed E-state index contributed by atoms with van der Waals surface area (Å²) >= 11 is 0. The summed E-state index contributed by atoms with van der Waals surface area (Å²) in [4.78, 5) is 11.7. The Bertz CT molecular complexity index is 758. The van der Waals surface area contributed by atoms with Crippen molar-refractivity contribution in [3.05, 3.63) is 60.2 Å². The van der Waals surface area contributed by atoms with Crippen LogP contribution in [0.4, 0.5) is 5.69 Å². The van der Waals surface area contributed by atoms with Crippen LogP contribution in [-0.2, 0) is 19.6 Å². The molecule has 0 spiro atoms. The van der Waals surface area contributed by atoms with Gasteiger partial charge in [0.2, 0.25) is 10.0 Å². The maximum atomic E-state index is 12.5. The van der Waals surface area contributed by atoms with E-state index in [2.05, 4.69) is 9.46 Å². The molecule has 2 aromatic rings.